The van der Waals surface area contributed by atoms with Crippen molar-refractivity contribution < 1.29 is 9.59 Å². The van der Waals surface area contributed by atoms with Gasteiger partial charge in [0.05, 0.1) is 5.56 Å². The van der Waals surface area contributed by atoms with Gasteiger partial charge in [-0.05, 0) is 48.4 Å². The van der Waals surface area contributed by atoms with Gasteiger partial charge >= 0.3 is 0 Å². The molecule has 0 atom stereocenters. The summed E-state index contributed by atoms with van der Waals surface area (Å²) in [6, 6.07) is 6.01. The smallest absolute Gasteiger partial charge is 0.254 e. The third kappa shape index (κ3) is 5.52. The largest absolute Gasteiger partial charge is 0.354 e. The molecule has 1 saturated heterocycles. The van der Waals surface area contributed by atoms with E-state index in [4.69, 9.17) is 0 Å². The maximum Gasteiger partial charge on any atom is 0.254 e. The molecule has 0 bridgehead atoms. The molecule has 7 heteroatoms. The summed E-state index contributed by atoms with van der Waals surface area (Å²) >= 11 is 1.54. The number of carbonyl (C=O) groups excluding carboxylic acids is 2. The van der Waals surface area contributed by atoms with Gasteiger partial charge in [-0.2, -0.15) is 11.3 Å². The van der Waals surface area contributed by atoms with E-state index in [2.05, 4.69) is 27.3 Å². The number of aromatic nitrogens is 1. The molecule has 6 nitrogen and oxygen atoms in total. The fourth-order valence-corrected chi connectivity index (χ4v) is 5.66. The lowest BCUT2D eigenvalue weighted by atomic mass is 9.77. The zero-order chi connectivity index (χ0) is 21.5. The Morgan fingerprint density at radius 1 is 1.06 bits per heavy atom. The highest BCUT2D eigenvalue weighted by atomic mass is 32.1. The predicted molar refractivity (Wildman–Crippen MR) is 123 cm³/mol. The summed E-state index contributed by atoms with van der Waals surface area (Å²) in [4.78, 5) is 34.5. The van der Waals surface area contributed by atoms with Crippen LogP contribution in [0.2, 0.25) is 0 Å². The lowest BCUT2D eigenvalue weighted by Crippen LogP contribution is -2.52. The maximum absolute atomic E-state index is 13.0. The van der Waals surface area contributed by atoms with Gasteiger partial charge in [0.1, 0.15) is 0 Å². The molecule has 2 aliphatic rings. The van der Waals surface area contributed by atoms with Crippen LogP contribution in [0.1, 0.15) is 60.9 Å². The Bertz CT molecular complexity index is 850. The molecule has 4 rings (SSSR count). The lowest BCUT2D eigenvalue weighted by Gasteiger charge is -2.46. The predicted octanol–water partition coefficient (Wildman–Crippen LogP) is 3.70. The molecule has 2 fully saturated rings. The van der Waals surface area contributed by atoms with Gasteiger partial charge in [-0.1, -0.05) is 19.3 Å². The highest BCUT2D eigenvalue weighted by Crippen LogP contribution is 2.38. The second-order valence-electron chi connectivity index (χ2n) is 8.75. The molecule has 1 aliphatic carbocycles. The van der Waals surface area contributed by atoms with E-state index in [1.807, 2.05) is 34.1 Å². The molecular formula is C24H32N4O2S. The second-order valence-corrected chi connectivity index (χ2v) is 9.53. The van der Waals surface area contributed by atoms with Crippen molar-refractivity contribution in [3.8, 4) is 0 Å². The minimum atomic E-state index is -0.0991. The van der Waals surface area contributed by atoms with E-state index in [0.29, 0.717) is 26.1 Å². The molecule has 1 N–H and O–H groups in total. The van der Waals surface area contributed by atoms with Crippen LogP contribution in [-0.2, 0) is 11.3 Å². The van der Waals surface area contributed by atoms with E-state index in [1.54, 1.807) is 0 Å². The van der Waals surface area contributed by atoms with Crippen molar-refractivity contribution >= 4 is 23.2 Å². The van der Waals surface area contributed by atoms with Crippen LogP contribution in [0.25, 0.3) is 0 Å². The molecule has 1 spiro atoms. The SMILES string of the molecule is O=C1CC2(CCCCC2)N(Cc2ccncc2)CCCN(C(=O)c2ccsc2)CCN1. The monoisotopic (exact) mass is 440 g/mol. The van der Waals surface area contributed by atoms with Crippen LogP contribution in [0, 0.1) is 0 Å². The van der Waals surface area contributed by atoms with Gasteiger partial charge in [0.2, 0.25) is 5.91 Å². The number of amides is 2. The Labute approximate surface area is 188 Å². The zero-order valence-corrected chi connectivity index (χ0v) is 18.9. The number of rotatable bonds is 3. The van der Waals surface area contributed by atoms with E-state index in [0.717, 1.165) is 37.9 Å². The highest BCUT2D eigenvalue weighted by molar-refractivity contribution is 7.08. The van der Waals surface area contributed by atoms with Crippen LogP contribution >= 0.6 is 11.3 Å². The van der Waals surface area contributed by atoms with E-state index < -0.39 is 0 Å². The Hall–Kier alpha value is -2.25. The van der Waals surface area contributed by atoms with Crippen molar-refractivity contribution in [2.45, 2.75) is 57.0 Å². The summed E-state index contributed by atoms with van der Waals surface area (Å²) in [5, 5.41) is 6.94. The Balaban J connectivity index is 1.55. The first kappa shape index (κ1) is 22.0. The van der Waals surface area contributed by atoms with Gasteiger partial charge in [-0.25, -0.2) is 0 Å². The van der Waals surface area contributed by atoms with Crippen LogP contribution in [0.4, 0.5) is 0 Å². The van der Waals surface area contributed by atoms with E-state index >= 15 is 0 Å². The van der Waals surface area contributed by atoms with Crippen molar-refractivity contribution in [2.75, 3.05) is 26.2 Å². The van der Waals surface area contributed by atoms with Crippen molar-refractivity contribution in [1.29, 1.82) is 0 Å². The number of hydrogen-bond donors (Lipinski definition) is 1. The van der Waals surface area contributed by atoms with Gasteiger partial charge in [-0.3, -0.25) is 19.5 Å². The minimum absolute atomic E-state index is 0.0582. The van der Waals surface area contributed by atoms with Crippen molar-refractivity contribution in [3.05, 3.63) is 52.5 Å². The van der Waals surface area contributed by atoms with Gasteiger partial charge in [0, 0.05) is 62.5 Å². The first-order valence-corrected chi connectivity index (χ1v) is 12.3. The normalized spacial score (nSPS) is 20.8. The van der Waals surface area contributed by atoms with Crippen LogP contribution in [0.3, 0.4) is 0 Å². The number of hydrogen-bond acceptors (Lipinski definition) is 5. The van der Waals surface area contributed by atoms with E-state index in [9.17, 15) is 9.59 Å². The molecule has 1 saturated carbocycles. The lowest BCUT2D eigenvalue weighted by molar-refractivity contribution is -0.125. The summed E-state index contributed by atoms with van der Waals surface area (Å²) in [6.07, 6.45) is 10.8. The number of pyridine rings is 1. The fourth-order valence-electron chi connectivity index (χ4n) is 5.03. The van der Waals surface area contributed by atoms with Gasteiger partial charge in [-0.15, -0.1) is 0 Å². The summed E-state index contributed by atoms with van der Waals surface area (Å²) in [7, 11) is 0. The first-order chi connectivity index (χ1) is 15.2. The molecule has 2 aromatic rings. The van der Waals surface area contributed by atoms with Crippen LogP contribution in [0.5, 0.6) is 0 Å². The molecule has 2 aromatic heterocycles. The third-order valence-corrected chi connectivity index (χ3v) is 7.37. The second kappa shape index (κ2) is 10.4. The first-order valence-electron chi connectivity index (χ1n) is 11.4. The summed E-state index contributed by atoms with van der Waals surface area (Å²) in [6.45, 7) is 3.46. The van der Waals surface area contributed by atoms with Crippen LogP contribution < -0.4 is 5.32 Å². The number of thiophene rings is 1. The zero-order valence-electron chi connectivity index (χ0n) is 18.1. The molecule has 0 aromatic carbocycles. The van der Waals surface area contributed by atoms with E-state index in [1.165, 1.54) is 36.2 Å². The van der Waals surface area contributed by atoms with Crippen molar-refractivity contribution in [3.63, 3.8) is 0 Å². The van der Waals surface area contributed by atoms with Crippen molar-refractivity contribution in [1.82, 2.24) is 20.1 Å². The Morgan fingerprint density at radius 3 is 2.61 bits per heavy atom. The quantitative estimate of drug-likeness (QED) is 0.790. The molecule has 0 unspecified atom stereocenters. The molecule has 166 valence electrons. The van der Waals surface area contributed by atoms with Gasteiger partial charge < -0.3 is 10.2 Å². The standard InChI is InChI=1S/C24H32N4O2S/c29-22-17-24(8-2-1-3-9-24)28(18-20-5-10-25-11-6-20)14-4-13-27(15-12-26-22)23(30)21-7-16-31-19-21/h5-7,10-11,16,19H,1-4,8-9,12-15,17-18H2,(H,26,29). The summed E-state index contributed by atoms with van der Waals surface area (Å²) < 4.78 is 0. The van der Waals surface area contributed by atoms with Crippen LogP contribution in [-0.4, -0.2) is 58.3 Å². The summed E-state index contributed by atoms with van der Waals surface area (Å²) in [5.74, 6) is 0.161. The fraction of sp³-hybridized carbons (Fsp3) is 0.542. The van der Waals surface area contributed by atoms with Gasteiger partial charge in [0.15, 0.2) is 0 Å². The molecular weight excluding hydrogens is 408 g/mol. The minimum Gasteiger partial charge on any atom is -0.354 e. The van der Waals surface area contributed by atoms with Crippen LogP contribution in [0.15, 0.2) is 41.4 Å². The molecule has 3 heterocycles. The highest BCUT2D eigenvalue weighted by Gasteiger charge is 2.40. The maximum atomic E-state index is 13.0. The average Bonchev–Trinajstić information content (AvgIpc) is 3.32. The van der Waals surface area contributed by atoms with Crippen molar-refractivity contribution in [2.24, 2.45) is 0 Å². The molecule has 1 aliphatic heterocycles. The topological polar surface area (TPSA) is 65.5 Å². The van der Waals surface area contributed by atoms with E-state index in [-0.39, 0.29) is 17.4 Å². The summed E-state index contributed by atoms with van der Waals surface area (Å²) in [5.41, 5.74) is 1.86. The number of carbonyl (C=O) groups is 2. The molecule has 2 amide bonds. The number of nitrogens with zero attached hydrogens (tertiary/aromatic N) is 3. The third-order valence-electron chi connectivity index (χ3n) is 6.68. The Kier molecular flexibility index (Phi) is 7.35. The Morgan fingerprint density at radius 2 is 1.87 bits per heavy atom. The number of nitrogens with one attached hydrogen (secondary N) is 1. The molecule has 0 radical (unpaired) electrons. The van der Waals surface area contributed by atoms with Gasteiger partial charge in [0.25, 0.3) is 5.91 Å². The average molecular weight is 441 g/mol. The molecule has 31 heavy (non-hydrogen) atoms.